The molecule has 0 saturated carbocycles. The van der Waals surface area contributed by atoms with Gasteiger partial charge in [-0.05, 0) is 48.9 Å². The van der Waals surface area contributed by atoms with Crippen molar-refractivity contribution in [2.45, 2.75) is 13.3 Å². The molecule has 0 aliphatic heterocycles. The molecule has 0 radical (unpaired) electrons. The van der Waals surface area contributed by atoms with Crippen molar-refractivity contribution in [3.8, 4) is 5.75 Å². The van der Waals surface area contributed by atoms with Crippen molar-refractivity contribution in [2.24, 2.45) is 0 Å². The minimum atomic E-state index is -0.385. The van der Waals surface area contributed by atoms with E-state index in [2.05, 4.69) is 5.32 Å². The van der Waals surface area contributed by atoms with Crippen molar-refractivity contribution in [1.82, 2.24) is 5.32 Å². The molecule has 0 spiro atoms. The van der Waals surface area contributed by atoms with Crippen LogP contribution in [0.5, 0.6) is 5.75 Å². The van der Waals surface area contributed by atoms with Gasteiger partial charge in [-0.3, -0.25) is 9.59 Å². The number of rotatable bonds is 8. The van der Waals surface area contributed by atoms with Gasteiger partial charge in [-0.2, -0.15) is 0 Å². The summed E-state index contributed by atoms with van der Waals surface area (Å²) in [6.45, 7) is 2.63. The van der Waals surface area contributed by atoms with Gasteiger partial charge in [-0.15, -0.1) is 0 Å². The monoisotopic (exact) mass is 361 g/mol. The van der Waals surface area contributed by atoms with E-state index >= 15 is 0 Å². The Morgan fingerprint density at radius 2 is 1.84 bits per heavy atom. The normalized spacial score (nSPS) is 10.2. The summed E-state index contributed by atoms with van der Waals surface area (Å²) >= 11 is 5.77. The van der Waals surface area contributed by atoms with E-state index in [0.29, 0.717) is 10.6 Å². The molecule has 0 aliphatic rings. The summed E-state index contributed by atoms with van der Waals surface area (Å²) in [6, 6.07) is 14.2. The summed E-state index contributed by atoms with van der Waals surface area (Å²) in [4.78, 5) is 23.5. The van der Waals surface area contributed by atoms with Crippen LogP contribution in [0.1, 0.15) is 22.3 Å². The number of nitrogens with one attached hydrogen (secondary N) is 1. The first-order valence-corrected chi connectivity index (χ1v) is 8.31. The number of halogens is 1. The number of carbonyl (C=O) groups is 2. The predicted molar refractivity (Wildman–Crippen MR) is 96.0 cm³/mol. The zero-order chi connectivity index (χ0) is 18.1. The molecule has 5 nitrogen and oxygen atoms in total. The average molecular weight is 362 g/mol. The van der Waals surface area contributed by atoms with Gasteiger partial charge in [0.15, 0.2) is 0 Å². The van der Waals surface area contributed by atoms with Crippen molar-refractivity contribution in [3.63, 3.8) is 0 Å². The smallest absolute Gasteiger partial charge is 0.307 e. The number of hydrogen-bond donors (Lipinski definition) is 1. The van der Waals surface area contributed by atoms with Gasteiger partial charge >= 0.3 is 5.97 Å². The van der Waals surface area contributed by atoms with Crippen molar-refractivity contribution in [1.29, 1.82) is 0 Å². The molecule has 0 heterocycles. The van der Waals surface area contributed by atoms with Crippen molar-refractivity contribution in [3.05, 3.63) is 64.7 Å². The molecule has 2 aromatic rings. The van der Waals surface area contributed by atoms with Gasteiger partial charge < -0.3 is 14.8 Å². The molecule has 2 rings (SSSR count). The lowest BCUT2D eigenvalue weighted by Gasteiger charge is -2.08. The fraction of sp³-hybridized carbons (Fsp3) is 0.263. The molecular formula is C19H20ClNO4. The average Bonchev–Trinajstić information content (AvgIpc) is 2.59. The van der Waals surface area contributed by atoms with E-state index in [1.54, 1.807) is 24.3 Å². The maximum absolute atomic E-state index is 11.9. The summed E-state index contributed by atoms with van der Waals surface area (Å²) in [7, 11) is 0. The number of hydrogen-bond acceptors (Lipinski definition) is 4. The van der Waals surface area contributed by atoms with Crippen LogP contribution in [0, 0.1) is 6.92 Å². The number of ether oxygens (including phenoxy) is 2. The Hall–Kier alpha value is -2.53. The lowest BCUT2D eigenvalue weighted by atomic mass is 10.2. The van der Waals surface area contributed by atoms with E-state index in [0.717, 1.165) is 11.3 Å². The summed E-state index contributed by atoms with van der Waals surface area (Å²) in [5, 5.41) is 3.22. The van der Waals surface area contributed by atoms with E-state index in [4.69, 9.17) is 21.1 Å². The molecule has 132 valence electrons. The highest BCUT2D eigenvalue weighted by Gasteiger charge is 2.07. The minimum Gasteiger partial charge on any atom is -0.490 e. The molecule has 0 aliphatic carbocycles. The lowest BCUT2D eigenvalue weighted by molar-refractivity contribution is -0.144. The molecule has 0 atom stereocenters. The summed E-state index contributed by atoms with van der Waals surface area (Å²) in [5.41, 5.74) is 1.59. The highest BCUT2D eigenvalue weighted by atomic mass is 35.5. The number of esters is 1. The Morgan fingerprint density at radius 1 is 1.08 bits per heavy atom. The van der Waals surface area contributed by atoms with Crippen LogP contribution in [-0.4, -0.2) is 31.6 Å². The highest BCUT2D eigenvalue weighted by molar-refractivity contribution is 6.30. The zero-order valence-corrected chi connectivity index (χ0v) is 14.7. The van der Waals surface area contributed by atoms with Crippen LogP contribution in [0.3, 0.4) is 0 Å². The van der Waals surface area contributed by atoms with Crippen LogP contribution in [0.25, 0.3) is 0 Å². The third-order valence-corrected chi connectivity index (χ3v) is 3.58. The molecule has 0 unspecified atom stereocenters. The first-order chi connectivity index (χ1) is 12.0. The first kappa shape index (κ1) is 18.8. The number of aryl methyl sites for hydroxylation is 1. The van der Waals surface area contributed by atoms with E-state index in [1.165, 1.54) is 0 Å². The third kappa shape index (κ3) is 6.85. The van der Waals surface area contributed by atoms with Gasteiger partial charge in [0.05, 0.1) is 6.42 Å². The van der Waals surface area contributed by atoms with Gasteiger partial charge in [0, 0.05) is 17.1 Å². The van der Waals surface area contributed by atoms with Gasteiger partial charge in [0.25, 0.3) is 5.91 Å². The molecule has 1 amide bonds. The fourth-order valence-electron chi connectivity index (χ4n) is 2.07. The second-order valence-corrected chi connectivity index (χ2v) is 5.83. The Morgan fingerprint density at radius 3 is 2.56 bits per heavy atom. The van der Waals surface area contributed by atoms with Crippen LogP contribution in [0.2, 0.25) is 5.02 Å². The van der Waals surface area contributed by atoms with Gasteiger partial charge in [0.2, 0.25) is 0 Å². The first-order valence-electron chi connectivity index (χ1n) is 7.93. The van der Waals surface area contributed by atoms with Crippen LogP contribution in [0.15, 0.2) is 48.5 Å². The largest absolute Gasteiger partial charge is 0.490 e. The lowest BCUT2D eigenvalue weighted by Crippen LogP contribution is -2.26. The second-order valence-electron chi connectivity index (χ2n) is 5.40. The molecule has 2 aromatic carbocycles. The zero-order valence-electron chi connectivity index (χ0n) is 14.0. The molecule has 1 N–H and O–H groups in total. The van der Waals surface area contributed by atoms with Crippen molar-refractivity contribution < 1.29 is 19.1 Å². The third-order valence-electron chi connectivity index (χ3n) is 3.33. The highest BCUT2D eigenvalue weighted by Crippen LogP contribution is 2.12. The Bertz CT molecular complexity index is 716. The second kappa shape index (κ2) is 9.69. The van der Waals surface area contributed by atoms with Gasteiger partial charge in [-0.25, -0.2) is 0 Å². The molecule has 25 heavy (non-hydrogen) atoms. The fourth-order valence-corrected chi connectivity index (χ4v) is 2.20. The van der Waals surface area contributed by atoms with E-state index < -0.39 is 0 Å². The maximum Gasteiger partial charge on any atom is 0.307 e. The molecule has 0 saturated heterocycles. The molecule has 0 bridgehead atoms. The standard InChI is InChI=1S/C19H20ClNO4/c1-14-3-2-4-17(13-14)24-11-12-25-18(22)9-10-21-19(23)15-5-7-16(20)8-6-15/h2-8,13H,9-12H2,1H3,(H,21,23). The quantitative estimate of drug-likeness (QED) is 0.578. The van der Waals surface area contributed by atoms with Crippen LogP contribution in [0.4, 0.5) is 0 Å². The van der Waals surface area contributed by atoms with E-state index in [-0.39, 0.29) is 38.1 Å². The molecule has 0 fully saturated rings. The summed E-state index contributed by atoms with van der Waals surface area (Å²) < 4.78 is 10.6. The summed E-state index contributed by atoms with van der Waals surface area (Å²) in [5.74, 6) is 0.0998. The topological polar surface area (TPSA) is 64.6 Å². The van der Waals surface area contributed by atoms with E-state index in [9.17, 15) is 9.59 Å². The predicted octanol–water partition coefficient (Wildman–Crippen LogP) is 3.39. The van der Waals surface area contributed by atoms with Gasteiger partial charge in [-0.1, -0.05) is 23.7 Å². The van der Waals surface area contributed by atoms with Crippen LogP contribution >= 0.6 is 11.6 Å². The number of amides is 1. The van der Waals surface area contributed by atoms with Gasteiger partial charge in [0.1, 0.15) is 19.0 Å². The molecule has 0 aromatic heterocycles. The molecule has 6 heteroatoms. The Kier molecular flexibility index (Phi) is 7.29. The number of benzene rings is 2. The molecular weight excluding hydrogens is 342 g/mol. The van der Waals surface area contributed by atoms with Crippen LogP contribution in [-0.2, 0) is 9.53 Å². The summed E-state index contributed by atoms with van der Waals surface area (Å²) in [6.07, 6.45) is 0.101. The maximum atomic E-state index is 11.9. The van der Waals surface area contributed by atoms with Crippen molar-refractivity contribution >= 4 is 23.5 Å². The number of carbonyl (C=O) groups excluding carboxylic acids is 2. The SMILES string of the molecule is Cc1cccc(OCCOC(=O)CCNC(=O)c2ccc(Cl)cc2)c1. The Labute approximate surface area is 151 Å². The Balaban J connectivity index is 1.59. The van der Waals surface area contributed by atoms with E-state index in [1.807, 2.05) is 31.2 Å². The van der Waals surface area contributed by atoms with Crippen molar-refractivity contribution in [2.75, 3.05) is 19.8 Å². The van der Waals surface area contributed by atoms with Crippen LogP contribution < -0.4 is 10.1 Å². The minimum absolute atomic E-state index is 0.101.